The molecule has 1 aromatic rings. The minimum Gasteiger partial charge on any atom is -0.397 e. The monoisotopic (exact) mass is 195 g/mol. The smallest absolute Gasteiger partial charge is 0.128 e. The quantitative estimate of drug-likeness (QED) is 0.716. The first-order chi connectivity index (χ1) is 6.74. The molecule has 14 heavy (non-hydrogen) atoms. The molecule has 0 aliphatic heterocycles. The third kappa shape index (κ3) is 3.22. The zero-order chi connectivity index (χ0) is 10.4. The van der Waals surface area contributed by atoms with Crippen LogP contribution in [0.1, 0.15) is 6.42 Å². The van der Waals surface area contributed by atoms with Gasteiger partial charge in [-0.1, -0.05) is 0 Å². The zero-order valence-electron chi connectivity index (χ0n) is 8.73. The summed E-state index contributed by atoms with van der Waals surface area (Å²) in [4.78, 5) is 6.30. The summed E-state index contributed by atoms with van der Waals surface area (Å²) in [6.45, 7) is 1.71. The molecule has 0 aliphatic rings. The number of anilines is 2. The van der Waals surface area contributed by atoms with Gasteiger partial charge in [0.05, 0.1) is 11.9 Å². The average molecular weight is 195 g/mol. The van der Waals surface area contributed by atoms with E-state index in [0.717, 1.165) is 25.4 Å². The van der Waals surface area contributed by atoms with E-state index in [1.807, 2.05) is 19.2 Å². The highest BCUT2D eigenvalue weighted by atomic mass is 16.5. The number of pyridine rings is 1. The first kappa shape index (κ1) is 10.8. The third-order valence-corrected chi connectivity index (χ3v) is 2.00. The molecular weight excluding hydrogens is 178 g/mol. The molecule has 0 amide bonds. The molecule has 0 radical (unpaired) electrons. The van der Waals surface area contributed by atoms with Crippen molar-refractivity contribution in [3.63, 3.8) is 0 Å². The summed E-state index contributed by atoms with van der Waals surface area (Å²) in [7, 11) is 3.72. The summed E-state index contributed by atoms with van der Waals surface area (Å²) in [5.74, 6) is 0.940. The lowest BCUT2D eigenvalue weighted by Crippen LogP contribution is -2.20. The number of ether oxygens (including phenoxy) is 1. The molecule has 2 N–H and O–H groups in total. The van der Waals surface area contributed by atoms with Crippen LogP contribution in [0.15, 0.2) is 18.3 Å². The van der Waals surface area contributed by atoms with Crippen LogP contribution in [0.5, 0.6) is 0 Å². The van der Waals surface area contributed by atoms with Crippen LogP contribution in [-0.2, 0) is 4.74 Å². The Balaban J connectivity index is 2.43. The maximum Gasteiger partial charge on any atom is 0.128 e. The van der Waals surface area contributed by atoms with Gasteiger partial charge in [0.1, 0.15) is 5.82 Å². The molecular formula is C10H17N3O. The van der Waals surface area contributed by atoms with Gasteiger partial charge in [0.25, 0.3) is 0 Å². The molecule has 0 aromatic carbocycles. The molecule has 0 atom stereocenters. The fourth-order valence-corrected chi connectivity index (χ4v) is 1.18. The summed E-state index contributed by atoms with van der Waals surface area (Å²) in [6, 6.07) is 3.78. The van der Waals surface area contributed by atoms with Crippen molar-refractivity contribution in [3.8, 4) is 0 Å². The molecule has 0 spiro atoms. The van der Waals surface area contributed by atoms with Crippen molar-refractivity contribution in [1.82, 2.24) is 4.98 Å². The highest BCUT2D eigenvalue weighted by Crippen LogP contribution is 2.10. The molecule has 0 bridgehead atoms. The van der Waals surface area contributed by atoms with E-state index in [1.165, 1.54) is 0 Å². The van der Waals surface area contributed by atoms with Crippen LogP contribution in [0.25, 0.3) is 0 Å². The largest absolute Gasteiger partial charge is 0.397 e. The SMILES string of the molecule is COCCCN(C)c1ccc(N)cn1. The van der Waals surface area contributed by atoms with Gasteiger partial charge in [0, 0.05) is 27.3 Å². The molecule has 1 rings (SSSR count). The Hall–Kier alpha value is -1.29. The molecule has 78 valence electrons. The normalized spacial score (nSPS) is 10.1. The molecule has 0 saturated carbocycles. The van der Waals surface area contributed by atoms with Crippen molar-refractivity contribution < 1.29 is 4.74 Å². The van der Waals surface area contributed by atoms with Crippen molar-refractivity contribution in [2.45, 2.75) is 6.42 Å². The number of rotatable bonds is 5. The van der Waals surface area contributed by atoms with Crippen molar-refractivity contribution in [1.29, 1.82) is 0 Å². The van der Waals surface area contributed by atoms with Gasteiger partial charge in [0.15, 0.2) is 0 Å². The molecule has 0 unspecified atom stereocenters. The van der Waals surface area contributed by atoms with E-state index in [-0.39, 0.29) is 0 Å². The van der Waals surface area contributed by atoms with Gasteiger partial charge in [0.2, 0.25) is 0 Å². The average Bonchev–Trinajstić information content (AvgIpc) is 2.19. The summed E-state index contributed by atoms with van der Waals surface area (Å²) in [5, 5.41) is 0. The van der Waals surface area contributed by atoms with E-state index in [0.29, 0.717) is 5.69 Å². The molecule has 4 nitrogen and oxygen atoms in total. The zero-order valence-corrected chi connectivity index (χ0v) is 8.73. The highest BCUT2D eigenvalue weighted by Gasteiger charge is 2.00. The first-order valence-corrected chi connectivity index (χ1v) is 4.65. The first-order valence-electron chi connectivity index (χ1n) is 4.65. The van der Waals surface area contributed by atoms with Crippen LogP contribution in [0.2, 0.25) is 0 Å². The Morgan fingerprint density at radius 3 is 2.86 bits per heavy atom. The van der Waals surface area contributed by atoms with Crippen molar-refractivity contribution in [3.05, 3.63) is 18.3 Å². The predicted octanol–water partition coefficient (Wildman–Crippen LogP) is 1.14. The van der Waals surface area contributed by atoms with Crippen molar-refractivity contribution in [2.75, 3.05) is 37.9 Å². The van der Waals surface area contributed by atoms with Crippen LogP contribution < -0.4 is 10.6 Å². The van der Waals surface area contributed by atoms with Crippen molar-refractivity contribution in [2.24, 2.45) is 0 Å². The maximum atomic E-state index is 5.55. The number of hydrogen-bond acceptors (Lipinski definition) is 4. The molecule has 0 saturated heterocycles. The van der Waals surface area contributed by atoms with E-state index in [2.05, 4.69) is 9.88 Å². The second-order valence-corrected chi connectivity index (χ2v) is 3.22. The molecule has 0 fully saturated rings. The Morgan fingerprint density at radius 2 is 2.29 bits per heavy atom. The Morgan fingerprint density at radius 1 is 1.50 bits per heavy atom. The Bertz CT molecular complexity index is 261. The van der Waals surface area contributed by atoms with Gasteiger partial charge < -0.3 is 15.4 Å². The predicted molar refractivity (Wildman–Crippen MR) is 58.4 cm³/mol. The van der Waals surface area contributed by atoms with Gasteiger partial charge in [-0.15, -0.1) is 0 Å². The fourth-order valence-electron chi connectivity index (χ4n) is 1.18. The van der Waals surface area contributed by atoms with Crippen molar-refractivity contribution >= 4 is 11.5 Å². The van der Waals surface area contributed by atoms with E-state index < -0.39 is 0 Å². The van der Waals surface area contributed by atoms with Gasteiger partial charge in [-0.3, -0.25) is 0 Å². The maximum absolute atomic E-state index is 5.55. The summed E-state index contributed by atoms with van der Waals surface area (Å²) < 4.78 is 4.98. The molecule has 1 heterocycles. The van der Waals surface area contributed by atoms with Gasteiger partial charge >= 0.3 is 0 Å². The Labute approximate surface area is 84.7 Å². The standard InChI is InChI=1S/C10H17N3O/c1-13(6-3-7-14-2)10-5-4-9(11)8-12-10/h4-5,8H,3,6-7,11H2,1-2H3. The number of hydrogen-bond donors (Lipinski definition) is 1. The topological polar surface area (TPSA) is 51.4 Å². The summed E-state index contributed by atoms with van der Waals surface area (Å²) in [6.07, 6.45) is 2.67. The van der Waals surface area contributed by atoms with Gasteiger partial charge in [-0.2, -0.15) is 0 Å². The number of nitrogen functional groups attached to an aromatic ring is 1. The van der Waals surface area contributed by atoms with Gasteiger partial charge in [-0.05, 0) is 18.6 Å². The van der Waals surface area contributed by atoms with Crippen LogP contribution in [-0.4, -0.2) is 32.3 Å². The lowest BCUT2D eigenvalue weighted by molar-refractivity contribution is 0.196. The third-order valence-electron chi connectivity index (χ3n) is 2.00. The summed E-state index contributed by atoms with van der Waals surface area (Å²) in [5.41, 5.74) is 6.24. The van der Waals surface area contributed by atoms with E-state index in [9.17, 15) is 0 Å². The molecule has 0 aliphatic carbocycles. The number of methoxy groups -OCH3 is 1. The van der Waals surface area contributed by atoms with Crippen LogP contribution in [0.3, 0.4) is 0 Å². The number of aromatic nitrogens is 1. The summed E-state index contributed by atoms with van der Waals surface area (Å²) >= 11 is 0. The second kappa shape index (κ2) is 5.44. The van der Waals surface area contributed by atoms with Crippen LogP contribution in [0.4, 0.5) is 11.5 Å². The number of nitrogens with zero attached hydrogens (tertiary/aromatic N) is 2. The van der Waals surface area contributed by atoms with E-state index in [1.54, 1.807) is 13.3 Å². The second-order valence-electron chi connectivity index (χ2n) is 3.22. The Kier molecular flexibility index (Phi) is 4.19. The lowest BCUT2D eigenvalue weighted by atomic mass is 10.3. The van der Waals surface area contributed by atoms with Crippen LogP contribution >= 0.6 is 0 Å². The number of nitrogens with two attached hydrogens (primary N) is 1. The highest BCUT2D eigenvalue weighted by molar-refractivity contribution is 5.45. The van der Waals surface area contributed by atoms with E-state index >= 15 is 0 Å². The fraction of sp³-hybridized carbons (Fsp3) is 0.500. The lowest BCUT2D eigenvalue weighted by Gasteiger charge is -2.17. The van der Waals surface area contributed by atoms with Gasteiger partial charge in [-0.25, -0.2) is 4.98 Å². The van der Waals surface area contributed by atoms with E-state index in [4.69, 9.17) is 10.5 Å². The molecule has 1 aromatic heterocycles. The molecule has 4 heteroatoms. The van der Waals surface area contributed by atoms with Crippen LogP contribution in [0, 0.1) is 0 Å². The minimum atomic E-state index is 0.694. The minimum absolute atomic E-state index is 0.694.